The number of carbonyl (C=O) groups is 1. The van der Waals surface area contributed by atoms with Crippen LogP contribution in [0.3, 0.4) is 0 Å². The minimum absolute atomic E-state index is 0.228. The van der Waals surface area contributed by atoms with Crippen LogP contribution in [0.15, 0.2) is 78.9 Å². The molecule has 0 unspecified atom stereocenters. The Labute approximate surface area is 206 Å². The highest BCUT2D eigenvalue weighted by molar-refractivity contribution is 5.89. The topological polar surface area (TPSA) is 26.3 Å². The Kier molecular flexibility index (Phi) is 11.4. The van der Waals surface area contributed by atoms with E-state index in [1.807, 2.05) is 12.1 Å². The summed E-state index contributed by atoms with van der Waals surface area (Å²) in [6.45, 7) is 0. The monoisotopic (exact) mass is 456 g/mol. The van der Waals surface area contributed by atoms with Gasteiger partial charge in [0, 0.05) is 0 Å². The normalized spacial score (nSPS) is 10.9. The molecule has 0 fully saturated rings. The third kappa shape index (κ3) is 9.55. The molecule has 3 aromatic rings. The zero-order chi connectivity index (χ0) is 23.8. The highest BCUT2D eigenvalue weighted by Crippen LogP contribution is 2.18. The number of rotatable bonds is 15. The van der Waals surface area contributed by atoms with Gasteiger partial charge >= 0.3 is 5.97 Å². The Morgan fingerprint density at radius 2 is 0.912 bits per heavy atom. The maximum Gasteiger partial charge on any atom is 0.337 e. The minimum atomic E-state index is -0.228. The Morgan fingerprint density at radius 1 is 0.529 bits per heavy atom. The summed E-state index contributed by atoms with van der Waals surface area (Å²) in [4.78, 5) is 12.2. The quantitative estimate of drug-likeness (QED) is 0.170. The molecule has 3 aromatic carbocycles. The van der Waals surface area contributed by atoms with Gasteiger partial charge in [0.25, 0.3) is 0 Å². The van der Waals surface area contributed by atoms with Gasteiger partial charge in [-0.25, -0.2) is 4.79 Å². The molecule has 0 spiro atoms. The van der Waals surface area contributed by atoms with Gasteiger partial charge in [0.05, 0.1) is 12.7 Å². The second-order valence-corrected chi connectivity index (χ2v) is 9.33. The molecule has 34 heavy (non-hydrogen) atoms. The van der Waals surface area contributed by atoms with E-state index in [-0.39, 0.29) is 5.97 Å². The summed E-state index contributed by atoms with van der Waals surface area (Å²) in [7, 11) is 1.47. The van der Waals surface area contributed by atoms with E-state index in [4.69, 9.17) is 4.74 Å². The first-order valence-electron chi connectivity index (χ1n) is 13.0. The fourth-order valence-electron chi connectivity index (χ4n) is 4.60. The number of carbonyl (C=O) groups excluding carboxylic acids is 1. The summed E-state index contributed by atoms with van der Waals surface area (Å²) in [5.41, 5.74) is 6.09. The van der Waals surface area contributed by atoms with E-state index in [0.717, 1.165) is 25.7 Å². The van der Waals surface area contributed by atoms with Crippen molar-refractivity contribution in [3.05, 3.63) is 107 Å². The molecule has 0 aromatic heterocycles. The molecule has 2 nitrogen and oxygen atoms in total. The fraction of sp³-hybridized carbons (Fsp3) is 0.406. The third-order valence-electron chi connectivity index (χ3n) is 6.52. The van der Waals surface area contributed by atoms with E-state index in [0.29, 0.717) is 5.56 Å². The molecule has 0 heterocycles. The number of methoxy groups -OCH3 is 1. The van der Waals surface area contributed by atoms with Crippen LogP contribution in [0.1, 0.15) is 84.0 Å². The molecule has 0 amide bonds. The van der Waals surface area contributed by atoms with Crippen LogP contribution in [0.4, 0.5) is 0 Å². The molecular weight excluding hydrogens is 416 g/mol. The van der Waals surface area contributed by atoms with E-state index >= 15 is 0 Å². The molecule has 180 valence electrons. The molecule has 3 rings (SSSR count). The van der Waals surface area contributed by atoms with Crippen LogP contribution in [-0.4, -0.2) is 13.1 Å². The predicted molar refractivity (Wildman–Crippen MR) is 142 cm³/mol. The number of esters is 1. The maximum atomic E-state index is 12.2. The van der Waals surface area contributed by atoms with Crippen LogP contribution in [0, 0.1) is 0 Å². The lowest BCUT2D eigenvalue weighted by molar-refractivity contribution is 0.0600. The molecule has 0 aliphatic carbocycles. The predicted octanol–water partition coefficient (Wildman–Crippen LogP) is 8.16. The molecule has 2 heteroatoms. The van der Waals surface area contributed by atoms with Crippen molar-refractivity contribution in [2.24, 2.45) is 0 Å². The second-order valence-electron chi connectivity index (χ2n) is 9.33. The molecule has 0 saturated heterocycles. The van der Waals surface area contributed by atoms with Crippen molar-refractivity contribution in [1.82, 2.24) is 0 Å². The standard InChI is InChI=1S/C32H40O2/c1-34-32(33)31-25-29(22-10-4-2-8-16-27-18-12-6-13-19-27)24-30(26-31)23-11-5-3-9-17-28-20-14-7-15-21-28/h6-7,12-15,18-21,24-26H,2-5,8-11,16-17,22-23H2,1H3. The van der Waals surface area contributed by atoms with Crippen molar-refractivity contribution in [2.45, 2.75) is 77.0 Å². The van der Waals surface area contributed by atoms with E-state index in [1.165, 1.54) is 80.7 Å². The van der Waals surface area contributed by atoms with Crippen molar-refractivity contribution in [3.8, 4) is 0 Å². The lowest BCUT2D eigenvalue weighted by Gasteiger charge is -2.10. The van der Waals surface area contributed by atoms with Gasteiger partial charge in [0.1, 0.15) is 0 Å². The summed E-state index contributed by atoms with van der Waals surface area (Å²) in [5.74, 6) is -0.228. The zero-order valence-electron chi connectivity index (χ0n) is 20.8. The first-order chi connectivity index (χ1) is 16.7. The van der Waals surface area contributed by atoms with Gasteiger partial charge in [-0.1, -0.05) is 92.4 Å². The number of ether oxygens (including phenoxy) is 1. The highest BCUT2D eigenvalue weighted by atomic mass is 16.5. The van der Waals surface area contributed by atoms with Crippen molar-refractivity contribution in [2.75, 3.05) is 7.11 Å². The first-order valence-corrected chi connectivity index (χ1v) is 13.0. The smallest absolute Gasteiger partial charge is 0.337 e. The summed E-state index contributed by atoms with van der Waals surface area (Å²) >= 11 is 0. The number of hydrogen-bond donors (Lipinski definition) is 0. The maximum absolute atomic E-state index is 12.2. The Balaban J connectivity index is 1.39. The largest absolute Gasteiger partial charge is 0.465 e. The van der Waals surface area contributed by atoms with Crippen molar-refractivity contribution < 1.29 is 9.53 Å². The van der Waals surface area contributed by atoms with Gasteiger partial charge in [-0.2, -0.15) is 0 Å². The number of benzene rings is 3. The Morgan fingerprint density at radius 3 is 1.29 bits per heavy atom. The minimum Gasteiger partial charge on any atom is -0.465 e. The molecule has 0 atom stereocenters. The van der Waals surface area contributed by atoms with Gasteiger partial charge in [0.2, 0.25) is 0 Å². The summed E-state index contributed by atoms with van der Waals surface area (Å²) in [5, 5.41) is 0. The van der Waals surface area contributed by atoms with E-state index in [2.05, 4.69) is 66.7 Å². The lowest BCUT2D eigenvalue weighted by atomic mass is 9.97. The van der Waals surface area contributed by atoms with Crippen LogP contribution in [-0.2, 0) is 30.4 Å². The first kappa shape index (κ1) is 25.7. The highest BCUT2D eigenvalue weighted by Gasteiger charge is 2.09. The van der Waals surface area contributed by atoms with Crippen LogP contribution >= 0.6 is 0 Å². The van der Waals surface area contributed by atoms with Crippen LogP contribution in [0.5, 0.6) is 0 Å². The third-order valence-corrected chi connectivity index (χ3v) is 6.52. The number of unbranched alkanes of at least 4 members (excludes halogenated alkanes) is 6. The van der Waals surface area contributed by atoms with Gasteiger partial charge in [-0.15, -0.1) is 0 Å². The average Bonchev–Trinajstić information content (AvgIpc) is 2.88. The van der Waals surface area contributed by atoms with Crippen molar-refractivity contribution in [3.63, 3.8) is 0 Å². The lowest BCUT2D eigenvalue weighted by Crippen LogP contribution is -2.04. The molecule has 0 radical (unpaired) electrons. The van der Waals surface area contributed by atoms with Crippen LogP contribution in [0.25, 0.3) is 0 Å². The van der Waals surface area contributed by atoms with Crippen LogP contribution in [0.2, 0.25) is 0 Å². The molecular formula is C32H40O2. The molecule has 0 aliphatic rings. The van der Waals surface area contributed by atoms with Crippen molar-refractivity contribution in [1.29, 1.82) is 0 Å². The van der Waals surface area contributed by atoms with E-state index in [1.54, 1.807) is 0 Å². The van der Waals surface area contributed by atoms with Gasteiger partial charge < -0.3 is 4.74 Å². The molecule has 0 aliphatic heterocycles. The summed E-state index contributed by atoms with van der Waals surface area (Å²) in [6, 6.07) is 27.8. The molecule has 0 N–H and O–H groups in total. The SMILES string of the molecule is COC(=O)c1cc(CCCCCCc2ccccc2)cc(CCCCCCc2ccccc2)c1. The summed E-state index contributed by atoms with van der Waals surface area (Å²) < 4.78 is 5.01. The van der Waals surface area contributed by atoms with Gasteiger partial charge in [-0.05, 0) is 85.8 Å². The average molecular weight is 457 g/mol. The van der Waals surface area contributed by atoms with Gasteiger partial charge in [0.15, 0.2) is 0 Å². The number of hydrogen-bond acceptors (Lipinski definition) is 2. The fourth-order valence-corrected chi connectivity index (χ4v) is 4.60. The Hall–Kier alpha value is -2.87. The number of aryl methyl sites for hydroxylation is 4. The van der Waals surface area contributed by atoms with E-state index < -0.39 is 0 Å². The van der Waals surface area contributed by atoms with Crippen LogP contribution < -0.4 is 0 Å². The van der Waals surface area contributed by atoms with Gasteiger partial charge in [-0.3, -0.25) is 0 Å². The van der Waals surface area contributed by atoms with E-state index in [9.17, 15) is 4.79 Å². The molecule has 0 saturated carbocycles. The molecule has 0 bridgehead atoms. The zero-order valence-corrected chi connectivity index (χ0v) is 20.8. The second kappa shape index (κ2) is 15.1. The summed E-state index contributed by atoms with van der Waals surface area (Å²) in [6.07, 6.45) is 14.1. The van der Waals surface area contributed by atoms with Crippen molar-refractivity contribution >= 4 is 5.97 Å². The Bertz CT molecular complexity index is 893.